The number of pyridine rings is 2. The number of hydrogen-bond donors (Lipinski definition) is 0. The molecule has 0 fully saturated rings. The van der Waals surface area contributed by atoms with E-state index in [-0.39, 0.29) is 21.5 Å². The van der Waals surface area contributed by atoms with Crippen molar-refractivity contribution in [1.29, 1.82) is 0 Å². The van der Waals surface area contributed by atoms with Crippen LogP contribution in [-0.4, -0.2) is 9.97 Å². The molecule has 0 aliphatic carbocycles. The van der Waals surface area contributed by atoms with Gasteiger partial charge in [0.05, 0.1) is 22.4 Å². The highest BCUT2D eigenvalue weighted by Crippen LogP contribution is 2.46. The normalized spacial score (nSPS) is 11.9. The third-order valence-corrected chi connectivity index (χ3v) is 14.7. The van der Waals surface area contributed by atoms with Gasteiger partial charge in [0.15, 0.2) is 7.14 Å². The summed E-state index contributed by atoms with van der Waals surface area (Å²) in [6, 6.07) is 63.4. The molecule has 2 aromatic heterocycles. The molecule has 0 aliphatic heterocycles. The largest absolute Gasteiger partial charge is 0.309 e. The highest BCUT2D eigenvalue weighted by Gasteiger charge is 2.30. The summed E-state index contributed by atoms with van der Waals surface area (Å²) in [5.74, 6) is -1.08. The zero-order valence-electron chi connectivity index (χ0n) is 32.1. The number of benzene rings is 9. The van der Waals surface area contributed by atoms with Crippen molar-refractivity contribution in [3.8, 4) is 33.6 Å². The maximum Gasteiger partial charge on any atom is 0.171 e. The lowest BCUT2D eigenvalue weighted by Crippen LogP contribution is -2.24. The Morgan fingerprint density at radius 1 is 0.350 bits per heavy atom. The van der Waals surface area contributed by atoms with E-state index in [1.54, 1.807) is 6.07 Å². The molecule has 0 saturated carbocycles. The molecule has 0 aliphatic rings. The fraction of sp³-hybridized carbons (Fsp3) is 0. The average molecular weight is 795 g/mol. The second kappa shape index (κ2) is 14.2. The summed E-state index contributed by atoms with van der Waals surface area (Å²) in [4.78, 5) is 10.1. The summed E-state index contributed by atoms with van der Waals surface area (Å²) in [5, 5.41) is 5.91. The predicted molar refractivity (Wildman–Crippen MR) is 245 cm³/mol. The van der Waals surface area contributed by atoms with Crippen molar-refractivity contribution in [2.24, 2.45) is 0 Å². The van der Waals surface area contributed by atoms with Crippen LogP contribution in [0.15, 0.2) is 200 Å². The van der Waals surface area contributed by atoms with Gasteiger partial charge in [-0.1, -0.05) is 176 Å². The minimum atomic E-state index is -3.15. The van der Waals surface area contributed by atoms with Gasteiger partial charge in [0, 0.05) is 59.4 Å². The van der Waals surface area contributed by atoms with Crippen LogP contribution in [0, 0.1) is 11.6 Å². The topological polar surface area (TPSA) is 42.9 Å². The molecule has 0 atom stereocenters. The Kier molecular flexibility index (Phi) is 8.47. The molecule has 11 rings (SSSR count). The van der Waals surface area contributed by atoms with Crippen molar-refractivity contribution in [2.45, 2.75) is 0 Å². The predicted octanol–water partition coefficient (Wildman–Crippen LogP) is 13.2. The molecule has 0 spiro atoms. The molecule has 9 aromatic carbocycles. The molecule has 6 heteroatoms. The van der Waals surface area contributed by atoms with E-state index in [9.17, 15) is 0 Å². The summed E-state index contributed by atoms with van der Waals surface area (Å²) in [6.07, 6.45) is 0. The Balaban J connectivity index is 1.12. The molecule has 0 unspecified atom stereocenters. The monoisotopic (exact) mass is 794 g/mol. The van der Waals surface area contributed by atoms with E-state index in [0.717, 1.165) is 37.8 Å². The molecule has 60 heavy (non-hydrogen) atoms. The second-order valence-corrected chi connectivity index (χ2v) is 17.8. The average Bonchev–Trinajstić information content (AvgIpc) is 3.32. The second-order valence-electron chi connectivity index (χ2n) is 15.1. The summed E-state index contributed by atoms with van der Waals surface area (Å²) in [6.45, 7) is 0. The molecule has 0 amide bonds. The van der Waals surface area contributed by atoms with Crippen molar-refractivity contribution < 1.29 is 13.3 Å². The molecule has 3 nitrogen and oxygen atoms in total. The molecular formula is C54H33F2N2OP. The first-order chi connectivity index (χ1) is 29.5. The lowest BCUT2D eigenvalue weighted by molar-refractivity contribution is 0.592. The van der Waals surface area contributed by atoms with Gasteiger partial charge in [0.1, 0.15) is 11.6 Å². The molecule has 2 heterocycles. The van der Waals surface area contributed by atoms with Gasteiger partial charge in [-0.3, -0.25) is 0 Å². The minimum absolute atomic E-state index is 0.131. The first-order valence-electron chi connectivity index (χ1n) is 19.8. The maximum absolute atomic E-state index is 17.8. The quantitative estimate of drug-likeness (QED) is 0.0956. The van der Waals surface area contributed by atoms with Crippen molar-refractivity contribution in [1.82, 2.24) is 9.97 Å². The smallest absolute Gasteiger partial charge is 0.171 e. The summed E-state index contributed by atoms with van der Waals surface area (Å²) < 4.78 is 50.6. The van der Waals surface area contributed by atoms with Crippen molar-refractivity contribution >= 4 is 77.2 Å². The number of para-hydroxylation sites is 1. The molecule has 0 saturated heterocycles. The van der Waals surface area contributed by atoms with Crippen LogP contribution < -0.4 is 15.9 Å². The molecule has 0 bridgehead atoms. The summed E-state index contributed by atoms with van der Waals surface area (Å²) >= 11 is 0. The van der Waals surface area contributed by atoms with Crippen LogP contribution >= 0.6 is 7.14 Å². The summed E-state index contributed by atoms with van der Waals surface area (Å²) in [7, 11) is -3.15. The van der Waals surface area contributed by atoms with Gasteiger partial charge >= 0.3 is 0 Å². The van der Waals surface area contributed by atoms with E-state index < -0.39 is 18.8 Å². The number of fused-ring (bicyclic) bond motifs is 7. The third-order valence-electron chi connectivity index (χ3n) is 11.6. The molecule has 284 valence electrons. The van der Waals surface area contributed by atoms with E-state index in [1.807, 2.05) is 188 Å². The number of aromatic nitrogens is 2. The van der Waals surface area contributed by atoms with Gasteiger partial charge in [-0.15, -0.1) is 0 Å². The summed E-state index contributed by atoms with van der Waals surface area (Å²) in [5.41, 5.74) is 5.04. The van der Waals surface area contributed by atoms with Crippen LogP contribution in [0.25, 0.3) is 87.8 Å². The van der Waals surface area contributed by atoms with Crippen LogP contribution in [0.4, 0.5) is 8.78 Å². The molecular weight excluding hydrogens is 762 g/mol. The molecule has 11 aromatic rings. The highest BCUT2D eigenvalue weighted by molar-refractivity contribution is 7.85. The van der Waals surface area contributed by atoms with Gasteiger partial charge in [-0.05, 0) is 46.2 Å². The Morgan fingerprint density at radius 3 is 1.40 bits per heavy atom. The minimum Gasteiger partial charge on any atom is -0.309 e. The highest BCUT2D eigenvalue weighted by atomic mass is 31.2. The number of hydrogen-bond acceptors (Lipinski definition) is 3. The van der Waals surface area contributed by atoms with Crippen molar-refractivity contribution in [2.75, 3.05) is 0 Å². The van der Waals surface area contributed by atoms with E-state index in [0.29, 0.717) is 44.3 Å². The lowest BCUT2D eigenvalue weighted by Gasteiger charge is -2.20. The van der Waals surface area contributed by atoms with E-state index in [4.69, 9.17) is 9.97 Å². The van der Waals surface area contributed by atoms with Crippen LogP contribution in [0.2, 0.25) is 0 Å². The third kappa shape index (κ3) is 5.66. The van der Waals surface area contributed by atoms with Crippen LogP contribution in [0.5, 0.6) is 0 Å². The first kappa shape index (κ1) is 35.8. The fourth-order valence-electron chi connectivity index (χ4n) is 8.73. The Bertz CT molecular complexity index is 3480. The van der Waals surface area contributed by atoms with E-state index >= 15 is 13.3 Å². The van der Waals surface area contributed by atoms with E-state index in [2.05, 4.69) is 6.07 Å². The van der Waals surface area contributed by atoms with Crippen LogP contribution in [-0.2, 0) is 4.57 Å². The number of nitrogens with zero attached hydrogens (tertiary/aromatic N) is 2. The fourth-order valence-corrected chi connectivity index (χ4v) is 11.4. The molecule has 0 radical (unpaired) electrons. The maximum atomic E-state index is 17.8. The lowest BCUT2D eigenvalue weighted by atomic mass is 9.91. The van der Waals surface area contributed by atoms with E-state index in [1.165, 1.54) is 0 Å². The van der Waals surface area contributed by atoms with Gasteiger partial charge in [-0.2, -0.15) is 0 Å². The van der Waals surface area contributed by atoms with Crippen molar-refractivity contribution in [3.05, 3.63) is 212 Å². The van der Waals surface area contributed by atoms with Crippen molar-refractivity contribution in [3.63, 3.8) is 0 Å². The first-order valence-corrected chi connectivity index (χ1v) is 21.5. The number of rotatable bonds is 6. The van der Waals surface area contributed by atoms with Crippen LogP contribution in [0.1, 0.15) is 0 Å². The zero-order valence-corrected chi connectivity index (χ0v) is 33.0. The van der Waals surface area contributed by atoms with Gasteiger partial charge in [0.25, 0.3) is 0 Å². The SMILES string of the molecule is O=P(c1ccccc1)(c1ccccc1)c1ccc2cc(-c3ccc4c(c3)nc(-c3ccccc3)c3c(F)c5c(c(-c6ccccc6)nc6ccccc65)c(F)c34)ccc2c1. The Labute approximate surface area is 344 Å². The van der Waals surface area contributed by atoms with Gasteiger partial charge in [-0.25, -0.2) is 18.7 Å². The number of halogens is 2. The van der Waals surface area contributed by atoms with Crippen LogP contribution in [0.3, 0.4) is 0 Å². The van der Waals surface area contributed by atoms with Gasteiger partial charge < -0.3 is 4.57 Å². The van der Waals surface area contributed by atoms with Gasteiger partial charge in [0.2, 0.25) is 0 Å². The standard InChI is InChI=1S/C54H33F2N2OP/c55-51-47-43-23-13-14-24-45(43)57-53(34-15-5-1-6-16-34)49(47)52(56)48-44-30-28-39(33-46(44)58-54(50(48)51)35-17-7-2-8-18-35)36-25-26-38-32-42(29-27-37(38)31-36)60(59,40-19-9-3-10-20-40)41-21-11-4-12-22-41/h1-33H. The molecule has 0 N–H and O–H groups in total. The Morgan fingerprint density at radius 2 is 0.800 bits per heavy atom. The zero-order chi connectivity index (χ0) is 40.4. The Hall–Kier alpha value is -7.33.